The van der Waals surface area contributed by atoms with E-state index in [1.165, 1.54) is 0 Å². The summed E-state index contributed by atoms with van der Waals surface area (Å²) in [5, 5.41) is 0. The van der Waals surface area contributed by atoms with Gasteiger partial charge in [-0.05, 0) is 19.8 Å². The maximum atomic E-state index is 11.1. The van der Waals surface area contributed by atoms with E-state index in [1.54, 1.807) is 6.92 Å². The van der Waals surface area contributed by atoms with E-state index >= 15 is 0 Å². The molecule has 1 rings (SSSR count). The molecule has 0 amide bonds. The van der Waals surface area contributed by atoms with Crippen LogP contribution in [-0.4, -0.2) is 50.1 Å². The number of hydrogen-bond donors (Lipinski definition) is 0. The zero-order chi connectivity index (χ0) is 15.0. The highest BCUT2D eigenvalue weighted by atomic mass is 16.8. The summed E-state index contributed by atoms with van der Waals surface area (Å²) in [4.78, 5) is 22.1. The molecule has 1 fully saturated rings. The maximum absolute atomic E-state index is 11.1. The van der Waals surface area contributed by atoms with Gasteiger partial charge < -0.3 is 23.7 Å². The molecule has 0 aromatic carbocycles. The Morgan fingerprint density at radius 3 is 2.50 bits per heavy atom. The molecule has 0 N–H and O–H groups in total. The predicted octanol–water partition coefficient (Wildman–Crippen LogP) is 1.46. The minimum atomic E-state index is -0.669. The Balaban J connectivity index is 2.35. The number of ether oxygens (including phenoxy) is 4. The van der Waals surface area contributed by atoms with E-state index in [9.17, 15) is 9.59 Å². The summed E-state index contributed by atoms with van der Waals surface area (Å²) in [5.74, 6) is -1.06. The summed E-state index contributed by atoms with van der Waals surface area (Å²) in [7, 11) is 0. The fraction of sp³-hybridized carbons (Fsp3) is 0.857. The SMILES string of the molecule is CCOC(=O)COCC[C@@H]1OC(CC)(CC)O[C@@H]1C=O. The van der Waals surface area contributed by atoms with E-state index in [2.05, 4.69) is 0 Å². The number of rotatable bonds is 9. The van der Waals surface area contributed by atoms with Gasteiger partial charge in [-0.15, -0.1) is 0 Å². The van der Waals surface area contributed by atoms with Gasteiger partial charge in [0.25, 0.3) is 0 Å². The van der Waals surface area contributed by atoms with E-state index < -0.39 is 11.9 Å². The summed E-state index contributed by atoms with van der Waals surface area (Å²) in [5.41, 5.74) is 0. The molecule has 6 heteroatoms. The van der Waals surface area contributed by atoms with Crippen LogP contribution in [0.1, 0.15) is 40.0 Å². The van der Waals surface area contributed by atoms with Crippen molar-refractivity contribution in [2.45, 2.75) is 58.0 Å². The second kappa shape index (κ2) is 8.34. The van der Waals surface area contributed by atoms with Gasteiger partial charge in [0, 0.05) is 13.0 Å². The van der Waals surface area contributed by atoms with Crippen molar-refractivity contribution in [3.05, 3.63) is 0 Å². The van der Waals surface area contributed by atoms with E-state index in [-0.39, 0.29) is 18.7 Å². The number of hydrogen-bond acceptors (Lipinski definition) is 6. The van der Waals surface area contributed by atoms with Crippen LogP contribution < -0.4 is 0 Å². The largest absolute Gasteiger partial charge is 0.464 e. The third-order valence-electron chi connectivity index (χ3n) is 3.37. The van der Waals surface area contributed by atoms with Crippen molar-refractivity contribution in [1.82, 2.24) is 0 Å². The zero-order valence-corrected chi connectivity index (χ0v) is 12.4. The molecule has 1 aliphatic rings. The summed E-state index contributed by atoms with van der Waals surface area (Å²) < 4.78 is 21.5. The van der Waals surface area contributed by atoms with E-state index in [4.69, 9.17) is 18.9 Å². The molecular formula is C14H24O6. The van der Waals surface area contributed by atoms with Gasteiger partial charge in [0.2, 0.25) is 0 Å². The number of carbonyl (C=O) groups excluding carboxylic acids is 2. The molecule has 20 heavy (non-hydrogen) atoms. The molecule has 6 nitrogen and oxygen atoms in total. The molecule has 1 heterocycles. The molecule has 0 radical (unpaired) electrons. The summed E-state index contributed by atoms with van der Waals surface area (Å²) in [6, 6.07) is 0. The highest BCUT2D eigenvalue weighted by Crippen LogP contribution is 2.34. The van der Waals surface area contributed by atoms with Crippen LogP contribution >= 0.6 is 0 Å². The molecular weight excluding hydrogens is 264 g/mol. The molecule has 1 aliphatic heterocycles. The average Bonchev–Trinajstić information content (AvgIpc) is 2.83. The smallest absolute Gasteiger partial charge is 0.332 e. The second-order valence-electron chi connectivity index (χ2n) is 4.64. The van der Waals surface area contributed by atoms with Crippen LogP contribution in [0.5, 0.6) is 0 Å². The van der Waals surface area contributed by atoms with Crippen molar-refractivity contribution in [3.8, 4) is 0 Å². The van der Waals surface area contributed by atoms with Gasteiger partial charge in [0.1, 0.15) is 12.7 Å². The van der Waals surface area contributed by atoms with Crippen molar-refractivity contribution in [3.63, 3.8) is 0 Å². The van der Waals surface area contributed by atoms with Crippen molar-refractivity contribution in [2.75, 3.05) is 19.8 Å². The molecule has 0 aliphatic carbocycles. The topological polar surface area (TPSA) is 71.1 Å². The van der Waals surface area contributed by atoms with E-state index in [1.807, 2.05) is 13.8 Å². The lowest BCUT2D eigenvalue weighted by Gasteiger charge is -2.24. The lowest BCUT2D eigenvalue weighted by molar-refractivity contribution is -0.180. The molecule has 0 saturated carbocycles. The van der Waals surface area contributed by atoms with Crippen molar-refractivity contribution >= 4 is 12.3 Å². The Hall–Kier alpha value is -0.980. The Labute approximate surface area is 119 Å². The van der Waals surface area contributed by atoms with E-state index in [0.717, 1.165) is 6.29 Å². The Morgan fingerprint density at radius 1 is 1.25 bits per heavy atom. The zero-order valence-electron chi connectivity index (χ0n) is 12.4. The van der Waals surface area contributed by atoms with Crippen LogP contribution in [0.4, 0.5) is 0 Å². The molecule has 0 aromatic heterocycles. The van der Waals surface area contributed by atoms with Crippen molar-refractivity contribution in [2.24, 2.45) is 0 Å². The first-order valence-corrected chi connectivity index (χ1v) is 7.15. The van der Waals surface area contributed by atoms with Crippen molar-refractivity contribution < 1.29 is 28.5 Å². The first-order valence-electron chi connectivity index (χ1n) is 7.15. The molecule has 0 bridgehead atoms. The predicted molar refractivity (Wildman–Crippen MR) is 71.2 cm³/mol. The number of carbonyl (C=O) groups is 2. The van der Waals surface area contributed by atoms with Gasteiger partial charge in [0.15, 0.2) is 12.1 Å². The lowest BCUT2D eigenvalue weighted by atomic mass is 10.1. The summed E-state index contributed by atoms with van der Waals surface area (Å²) in [6.45, 7) is 6.24. The van der Waals surface area contributed by atoms with E-state index in [0.29, 0.717) is 32.5 Å². The highest BCUT2D eigenvalue weighted by molar-refractivity contribution is 5.70. The first-order chi connectivity index (χ1) is 9.60. The number of aldehydes is 1. The molecule has 116 valence electrons. The number of esters is 1. The van der Waals surface area contributed by atoms with Crippen LogP contribution in [-0.2, 0) is 28.5 Å². The van der Waals surface area contributed by atoms with Crippen molar-refractivity contribution in [1.29, 1.82) is 0 Å². The highest BCUT2D eigenvalue weighted by Gasteiger charge is 2.44. The summed E-state index contributed by atoms with van der Waals surface area (Å²) in [6.07, 6.45) is 1.76. The van der Waals surface area contributed by atoms with Crippen LogP contribution in [0.2, 0.25) is 0 Å². The third-order valence-corrected chi connectivity index (χ3v) is 3.37. The maximum Gasteiger partial charge on any atom is 0.332 e. The fourth-order valence-electron chi connectivity index (χ4n) is 2.17. The summed E-state index contributed by atoms with van der Waals surface area (Å²) >= 11 is 0. The fourth-order valence-corrected chi connectivity index (χ4v) is 2.17. The molecule has 0 aromatic rings. The van der Waals surface area contributed by atoms with Gasteiger partial charge in [0.05, 0.1) is 12.7 Å². The standard InChI is InChI=1S/C14H24O6/c1-4-14(5-2)19-11(12(9-15)20-14)7-8-17-10-13(16)18-6-3/h9,11-12H,4-8,10H2,1-3H3/t11-,12+/m0/s1. The molecule has 2 atom stereocenters. The van der Waals surface area contributed by atoms with Crippen LogP contribution in [0.3, 0.4) is 0 Å². The molecule has 1 saturated heterocycles. The van der Waals surface area contributed by atoms with Crippen LogP contribution in [0.15, 0.2) is 0 Å². The lowest BCUT2D eigenvalue weighted by Crippen LogP contribution is -2.29. The van der Waals surface area contributed by atoms with Gasteiger partial charge >= 0.3 is 5.97 Å². The Kier molecular flexibility index (Phi) is 7.12. The van der Waals surface area contributed by atoms with Gasteiger partial charge in [-0.25, -0.2) is 4.79 Å². The third kappa shape index (κ3) is 4.54. The Bertz CT molecular complexity index is 313. The quantitative estimate of drug-likeness (QED) is 0.363. The monoisotopic (exact) mass is 288 g/mol. The Morgan fingerprint density at radius 2 is 1.95 bits per heavy atom. The average molecular weight is 288 g/mol. The minimum Gasteiger partial charge on any atom is -0.464 e. The first kappa shape index (κ1) is 17.1. The minimum absolute atomic E-state index is 0.0835. The normalized spacial score (nSPS) is 24.6. The molecule has 0 unspecified atom stereocenters. The second-order valence-corrected chi connectivity index (χ2v) is 4.64. The van der Waals surface area contributed by atoms with Crippen LogP contribution in [0.25, 0.3) is 0 Å². The van der Waals surface area contributed by atoms with Gasteiger partial charge in [-0.1, -0.05) is 13.8 Å². The van der Waals surface area contributed by atoms with Gasteiger partial charge in [-0.3, -0.25) is 0 Å². The van der Waals surface area contributed by atoms with Crippen LogP contribution in [0, 0.1) is 0 Å². The molecule has 0 spiro atoms. The van der Waals surface area contributed by atoms with Gasteiger partial charge in [-0.2, -0.15) is 0 Å².